The molecule has 0 saturated heterocycles. The first-order chi connectivity index (χ1) is 7.63. The van der Waals surface area contributed by atoms with Crippen LogP contribution in [0.15, 0.2) is 11.6 Å². The highest BCUT2D eigenvalue weighted by Gasteiger charge is 2.23. The van der Waals surface area contributed by atoms with Crippen LogP contribution < -0.4 is 5.73 Å². The highest BCUT2D eigenvalue weighted by Crippen LogP contribution is 2.33. The standard InChI is InChI=1S/C15H29N/c1-4-5-6-13-7-9-14(10-8-13)15(16)11-12(2)3/h11,13-15H,4-10,16H2,1-3H3. The molecule has 0 aromatic heterocycles. The summed E-state index contributed by atoms with van der Waals surface area (Å²) >= 11 is 0. The molecule has 1 rings (SSSR count). The molecule has 0 radical (unpaired) electrons. The molecule has 1 unspecified atom stereocenters. The highest BCUT2D eigenvalue weighted by atomic mass is 14.6. The van der Waals surface area contributed by atoms with E-state index in [1.807, 2.05) is 0 Å². The van der Waals surface area contributed by atoms with Gasteiger partial charge >= 0.3 is 0 Å². The Bertz CT molecular complexity index is 207. The molecule has 0 aromatic rings. The van der Waals surface area contributed by atoms with Crippen LogP contribution in [0.5, 0.6) is 0 Å². The van der Waals surface area contributed by atoms with Crippen molar-refractivity contribution >= 4 is 0 Å². The fraction of sp³-hybridized carbons (Fsp3) is 0.867. The minimum absolute atomic E-state index is 0.303. The minimum atomic E-state index is 0.303. The van der Waals surface area contributed by atoms with Gasteiger partial charge in [-0.25, -0.2) is 0 Å². The first-order valence-corrected chi connectivity index (χ1v) is 7.04. The van der Waals surface area contributed by atoms with Gasteiger partial charge in [-0.3, -0.25) is 0 Å². The predicted molar refractivity (Wildman–Crippen MR) is 72.4 cm³/mol. The molecule has 0 aromatic carbocycles. The van der Waals surface area contributed by atoms with Crippen LogP contribution in [0.4, 0.5) is 0 Å². The van der Waals surface area contributed by atoms with E-state index in [0.717, 1.165) is 11.8 Å². The lowest BCUT2D eigenvalue weighted by molar-refractivity contribution is 0.246. The van der Waals surface area contributed by atoms with Crippen LogP contribution in [0.25, 0.3) is 0 Å². The Morgan fingerprint density at radius 3 is 2.38 bits per heavy atom. The zero-order chi connectivity index (χ0) is 12.0. The third-order valence-electron chi connectivity index (χ3n) is 3.93. The summed E-state index contributed by atoms with van der Waals surface area (Å²) in [5, 5.41) is 0. The second kappa shape index (κ2) is 7.11. The number of unbranched alkanes of at least 4 members (excludes halogenated alkanes) is 1. The Labute approximate surface area is 101 Å². The summed E-state index contributed by atoms with van der Waals surface area (Å²) < 4.78 is 0. The maximum Gasteiger partial charge on any atom is 0.0254 e. The maximum atomic E-state index is 6.22. The number of hydrogen-bond donors (Lipinski definition) is 1. The van der Waals surface area contributed by atoms with E-state index >= 15 is 0 Å². The van der Waals surface area contributed by atoms with E-state index in [-0.39, 0.29) is 0 Å². The molecule has 1 heteroatoms. The lowest BCUT2D eigenvalue weighted by atomic mass is 9.77. The molecular formula is C15H29N. The smallest absolute Gasteiger partial charge is 0.0254 e. The van der Waals surface area contributed by atoms with Gasteiger partial charge in [0.1, 0.15) is 0 Å². The molecule has 1 nitrogen and oxygen atoms in total. The number of allylic oxidation sites excluding steroid dienone is 1. The van der Waals surface area contributed by atoms with Crippen LogP contribution >= 0.6 is 0 Å². The normalized spacial score (nSPS) is 27.5. The molecule has 0 spiro atoms. The third-order valence-corrected chi connectivity index (χ3v) is 3.93. The summed E-state index contributed by atoms with van der Waals surface area (Å²) in [5.41, 5.74) is 7.58. The van der Waals surface area contributed by atoms with Gasteiger partial charge in [0.2, 0.25) is 0 Å². The van der Waals surface area contributed by atoms with Crippen molar-refractivity contribution in [3.05, 3.63) is 11.6 Å². The van der Waals surface area contributed by atoms with Gasteiger partial charge in [0.05, 0.1) is 0 Å². The highest BCUT2D eigenvalue weighted by molar-refractivity contribution is 5.02. The van der Waals surface area contributed by atoms with Gasteiger partial charge in [0.15, 0.2) is 0 Å². The van der Waals surface area contributed by atoms with Gasteiger partial charge in [-0.1, -0.05) is 50.7 Å². The number of rotatable bonds is 5. The Hall–Kier alpha value is -0.300. The molecule has 16 heavy (non-hydrogen) atoms. The second-order valence-electron chi connectivity index (χ2n) is 5.74. The minimum Gasteiger partial charge on any atom is -0.324 e. The van der Waals surface area contributed by atoms with Crippen molar-refractivity contribution in [1.29, 1.82) is 0 Å². The van der Waals surface area contributed by atoms with Crippen molar-refractivity contribution in [2.24, 2.45) is 17.6 Å². The fourth-order valence-electron chi connectivity index (χ4n) is 2.88. The Balaban J connectivity index is 2.28. The fourth-order valence-corrected chi connectivity index (χ4v) is 2.88. The molecule has 1 fully saturated rings. The van der Waals surface area contributed by atoms with E-state index in [0.29, 0.717) is 6.04 Å². The van der Waals surface area contributed by atoms with Gasteiger partial charge in [-0.05, 0) is 38.5 Å². The molecule has 1 aliphatic rings. The summed E-state index contributed by atoms with van der Waals surface area (Å²) in [5.74, 6) is 1.74. The topological polar surface area (TPSA) is 26.0 Å². The average Bonchev–Trinajstić information content (AvgIpc) is 2.26. The third kappa shape index (κ3) is 4.69. The van der Waals surface area contributed by atoms with Crippen LogP contribution in [0.1, 0.15) is 65.7 Å². The molecule has 1 atom stereocenters. The van der Waals surface area contributed by atoms with Gasteiger partial charge in [0.25, 0.3) is 0 Å². The zero-order valence-corrected chi connectivity index (χ0v) is 11.3. The quantitative estimate of drug-likeness (QED) is 0.692. The summed E-state index contributed by atoms with van der Waals surface area (Å²) in [6.45, 7) is 6.58. The van der Waals surface area contributed by atoms with E-state index in [4.69, 9.17) is 5.73 Å². The van der Waals surface area contributed by atoms with Gasteiger partial charge in [-0.15, -0.1) is 0 Å². The molecular weight excluding hydrogens is 194 g/mol. The number of hydrogen-bond acceptors (Lipinski definition) is 1. The summed E-state index contributed by atoms with van der Waals surface area (Å²) in [7, 11) is 0. The second-order valence-corrected chi connectivity index (χ2v) is 5.74. The van der Waals surface area contributed by atoms with E-state index in [2.05, 4.69) is 26.8 Å². The van der Waals surface area contributed by atoms with Crippen LogP contribution in [0.2, 0.25) is 0 Å². The first kappa shape index (κ1) is 13.8. The van der Waals surface area contributed by atoms with Gasteiger partial charge in [-0.2, -0.15) is 0 Å². The number of nitrogens with two attached hydrogens (primary N) is 1. The van der Waals surface area contributed by atoms with Crippen molar-refractivity contribution < 1.29 is 0 Å². The van der Waals surface area contributed by atoms with Crippen molar-refractivity contribution in [3.63, 3.8) is 0 Å². The SMILES string of the molecule is CCCCC1CCC(C(N)C=C(C)C)CC1. The molecule has 1 saturated carbocycles. The van der Waals surface area contributed by atoms with E-state index in [9.17, 15) is 0 Å². The van der Waals surface area contributed by atoms with Gasteiger partial charge in [0, 0.05) is 6.04 Å². The summed E-state index contributed by atoms with van der Waals surface area (Å²) in [4.78, 5) is 0. The van der Waals surface area contributed by atoms with Crippen LogP contribution in [0, 0.1) is 11.8 Å². The maximum absolute atomic E-state index is 6.22. The van der Waals surface area contributed by atoms with Crippen molar-refractivity contribution in [2.45, 2.75) is 71.8 Å². The molecule has 94 valence electrons. The molecule has 0 amide bonds. The summed E-state index contributed by atoms with van der Waals surface area (Å²) in [6, 6.07) is 0.303. The molecule has 1 aliphatic carbocycles. The molecule has 0 bridgehead atoms. The van der Waals surface area contributed by atoms with Crippen LogP contribution in [-0.2, 0) is 0 Å². The largest absolute Gasteiger partial charge is 0.324 e. The van der Waals surface area contributed by atoms with E-state index < -0.39 is 0 Å². The monoisotopic (exact) mass is 223 g/mol. The lowest BCUT2D eigenvalue weighted by Crippen LogP contribution is -2.31. The lowest BCUT2D eigenvalue weighted by Gasteiger charge is -2.31. The van der Waals surface area contributed by atoms with Crippen molar-refractivity contribution in [3.8, 4) is 0 Å². The van der Waals surface area contributed by atoms with Crippen molar-refractivity contribution in [2.75, 3.05) is 0 Å². The Morgan fingerprint density at radius 1 is 1.25 bits per heavy atom. The molecule has 2 N–H and O–H groups in total. The van der Waals surface area contributed by atoms with Crippen LogP contribution in [0.3, 0.4) is 0 Å². The zero-order valence-electron chi connectivity index (χ0n) is 11.3. The molecule has 0 aliphatic heterocycles. The Kier molecular flexibility index (Phi) is 6.12. The first-order valence-electron chi connectivity index (χ1n) is 7.04. The predicted octanol–water partition coefficient (Wildman–Crippen LogP) is 4.28. The molecule has 0 heterocycles. The van der Waals surface area contributed by atoms with E-state index in [1.165, 1.54) is 50.5 Å². The summed E-state index contributed by atoms with van der Waals surface area (Å²) in [6.07, 6.45) is 12.0. The Morgan fingerprint density at radius 2 is 1.88 bits per heavy atom. The van der Waals surface area contributed by atoms with E-state index in [1.54, 1.807) is 0 Å². The van der Waals surface area contributed by atoms with Gasteiger partial charge < -0.3 is 5.73 Å². The van der Waals surface area contributed by atoms with Crippen LogP contribution in [-0.4, -0.2) is 6.04 Å². The average molecular weight is 223 g/mol. The van der Waals surface area contributed by atoms with Crippen molar-refractivity contribution in [1.82, 2.24) is 0 Å².